The fourth-order valence-electron chi connectivity index (χ4n) is 3.07. The second-order valence-electron chi connectivity index (χ2n) is 6.09. The van der Waals surface area contributed by atoms with E-state index in [-0.39, 0.29) is 0 Å². The van der Waals surface area contributed by atoms with Crippen molar-refractivity contribution in [3.05, 3.63) is 66.5 Å². The largest absolute Gasteiger partial charge is 0.480 e. The van der Waals surface area contributed by atoms with Crippen molar-refractivity contribution in [3.8, 4) is 17.0 Å². The smallest absolute Gasteiger partial charge is 0.223 e. The van der Waals surface area contributed by atoms with Crippen molar-refractivity contribution < 1.29 is 4.74 Å². The minimum atomic E-state index is 0.528. The molecule has 0 N–H and O–H groups in total. The summed E-state index contributed by atoms with van der Waals surface area (Å²) in [6.07, 6.45) is 6.81. The van der Waals surface area contributed by atoms with Crippen LogP contribution in [0.25, 0.3) is 22.3 Å². The molecule has 0 saturated heterocycles. The second kappa shape index (κ2) is 6.92. The highest BCUT2D eigenvalue weighted by atomic mass is 16.5. The average molecular weight is 345 g/mol. The number of ether oxygens (including phenoxy) is 1. The lowest BCUT2D eigenvalue weighted by atomic mass is 10.1. The number of hydrogen-bond donors (Lipinski definition) is 0. The van der Waals surface area contributed by atoms with E-state index < -0.39 is 0 Å². The summed E-state index contributed by atoms with van der Waals surface area (Å²) in [6.45, 7) is 0. The van der Waals surface area contributed by atoms with Gasteiger partial charge in [0.05, 0.1) is 12.6 Å². The van der Waals surface area contributed by atoms with Gasteiger partial charge in [0.2, 0.25) is 5.88 Å². The summed E-state index contributed by atoms with van der Waals surface area (Å²) in [4.78, 5) is 17.5. The molecule has 0 spiro atoms. The first-order chi connectivity index (χ1) is 12.8. The van der Waals surface area contributed by atoms with Gasteiger partial charge in [-0.25, -0.2) is 15.0 Å². The Kier molecular flexibility index (Phi) is 4.31. The number of aryl methyl sites for hydroxylation is 3. The number of fused-ring (bicyclic) bond motifs is 1. The molecule has 0 aliphatic carbocycles. The number of aromatic nitrogens is 5. The first kappa shape index (κ1) is 16.2. The summed E-state index contributed by atoms with van der Waals surface area (Å²) in [5.74, 6) is 1.53. The van der Waals surface area contributed by atoms with Gasteiger partial charge >= 0.3 is 0 Å². The summed E-state index contributed by atoms with van der Waals surface area (Å²) < 4.78 is 7.57. The molecule has 0 unspecified atom stereocenters. The van der Waals surface area contributed by atoms with Crippen molar-refractivity contribution in [2.24, 2.45) is 7.05 Å². The van der Waals surface area contributed by atoms with Crippen LogP contribution in [0, 0.1) is 0 Å². The lowest BCUT2D eigenvalue weighted by Gasteiger charge is -2.07. The number of methoxy groups -OCH3 is 1. The van der Waals surface area contributed by atoms with E-state index in [0.29, 0.717) is 11.5 Å². The Labute approximate surface area is 151 Å². The molecule has 26 heavy (non-hydrogen) atoms. The highest BCUT2D eigenvalue weighted by Gasteiger charge is 2.15. The Hall–Kier alpha value is -3.28. The normalized spacial score (nSPS) is 11.0. The molecule has 4 aromatic rings. The van der Waals surface area contributed by atoms with Crippen LogP contribution in [0.15, 0.2) is 55.1 Å². The van der Waals surface area contributed by atoms with E-state index in [0.717, 1.165) is 35.3 Å². The van der Waals surface area contributed by atoms with E-state index in [2.05, 4.69) is 43.8 Å². The Morgan fingerprint density at radius 3 is 2.50 bits per heavy atom. The molecular weight excluding hydrogens is 326 g/mol. The van der Waals surface area contributed by atoms with E-state index in [1.54, 1.807) is 19.5 Å². The maximum Gasteiger partial charge on any atom is 0.223 e. The van der Waals surface area contributed by atoms with Crippen LogP contribution in [0.4, 0.5) is 0 Å². The van der Waals surface area contributed by atoms with Gasteiger partial charge in [0.15, 0.2) is 5.65 Å². The van der Waals surface area contributed by atoms with E-state index in [1.807, 2.05) is 19.2 Å². The Morgan fingerprint density at radius 1 is 1.00 bits per heavy atom. The quantitative estimate of drug-likeness (QED) is 0.556. The predicted molar refractivity (Wildman–Crippen MR) is 99.9 cm³/mol. The molecule has 0 bridgehead atoms. The lowest BCUT2D eigenvalue weighted by molar-refractivity contribution is 0.401. The molecule has 3 heterocycles. The van der Waals surface area contributed by atoms with Crippen LogP contribution in [0.3, 0.4) is 0 Å². The molecule has 1 aromatic carbocycles. The van der Waals surface area contributed by atoms with Gasteiger partial charge in [0, 0.05) is 37.0 Å². The SMILES string of the molecule is COc1nc2nc(CCc3ccccc3)n(C)c2cc1-c1cncnc1. The standard InChI is InChI=1S/C20H19N5O/c1-25-17-10-16(15-11-21-13-22-12-15)20(26-2)24-19(17)23-18(25)9-8-14-6-4-3-5-7-14/h3-7,10-13H,8-9H2,1-2H3. The third-order valence-electron chi connectivity index (χ3n) is 4.48. The number of nitrogens with zero attached hydrogens (tertiary/aromatic N) is 5. The van der Waals surface area contributed by atoms with Gasteiger partial charge in [-0.2, -0.15) is 4.98 Å². The molecule has 3 aromatic heterocycles. The molecule has 6 heteroatoms. The van der Waals surface area contributed by atoms with Crippen LogP contribution in [0.2, 0.25) is 0 Å². The van der Waals surface area contributed by atoms with Gasteiger partial charge in [-0.3, -0.25) is 0 Å². The summed E-state index contributed by atoms with van der Waals surface area (Å²) in [7, 11) is 3.63. The molecule has 0 atom stereocenters. The number of rotatable bonds is 5. The second-order valence-corrected chi connectivity index (χ2v) is 6.09. The molecule has 0 aliphatic rings. The van der Waals surface area contributed by atoms with E-state index in [4.69, 9.17) is 9.72 Å². The summed E-state index contributed by atoms with van der Waals surface area (Å²) in [5, 5.41) is 0. The van der Waals surface area contributed by atoms with Gasteiger partial charge in [-0.05, 0) is 18.1 Å². The fourth-order valence-corrected chi connectivity index (χ4v) is 3.07. The molecule has 0 saturated carbocycles. The van der Waals surface area contributed by atoms with Crippen LogP contribution < -0.4 is 4.74 Å². The molecular formula is C20H19N5O. The van der Waals surface area contributed by atoms with Crippen LogP contribution >= 0.6 is 0 Å². The van der Waals surface area contributed by atoms with Crippen molar-refractivity contribution >= 4 is 11.2 Å². The van der Waals surface area contributed by atoms with Gasteiger partial charge in [0.25, 0.3) is 0 Å². The van der Waals surface area contributed by atoms with Crippen molar-refractivity contribution in [1.82, 2.24) is 24.5 Å². The molecule has 0 fully saturated rings. The molecule has 0 aliphatic heterocycles. The molecule has 130 valence electrons. The Morgan fingerprint density at radius 2 is 1.77 bits per heavy atom. The van der Waals surface area contributed by atoms with Gasteiger partial charge in [-0.1, -0.05) is 30.3 Å². The van der Waals surface area contributed by atoms with Gasteiger partial charge in [0.1, 0.15) is 12.2 Å². The van der Waals surface area contributed by atoms with Crippen molar-refractivity contribution in [1.29, 1.82) is 0 Å². The maximum atomic E-state index is 5.47. The first-order valence-corrected chi connectivity index (χ1v) is 8.46. The number of imidazole rings is 1. The van der Waals surface area contributed by atoms with Gasteiger partial charge in [-0.15, -0.1) is 0 Å². The topological polar surface area (TPSA) is 65.7 Å². The van der Waals surface area contributed by atoms with E-state index >= 15 is 0 Å². The van der Waals surface area contributed by atoms with Crippen LogP contribution in [0.5, 0.6) is 5.88 Å². The van der Waals surface area contributed by atoms with E-state index in [9.17, 15) is 0 Å². The minimum Gasteiger partial charge on any atom is -0.480 e. The highest BCUT2D eigenvalue weighted by molar-refractivity contribution is 5.82. The van der Waals surface area contributed by atoms with Crippen molar-refractivity contribution in [3.63, 3.8) is 0 Å². The zero-order valence-electron chi connectivity index (χ0n) is 14.8. The third kappa shape index (κ3) is 3.01. The van der Waals surface area contributed by atoms with Crippen molar-refractivity contribution in [2.45, 2.75) is 12.8 Å². The van der Waals surface area contributed by atoms with Gasteiger partial charge < -0.3 is 9.30 Å². The molecule has 6 nitrogen and oxygen atoms in total. The molecule has 0 amide bonds. The lowest BCUT2D eigenvalue weighted by Crippen LogP contribution is -2.00. The zero-order chi connectivity index (χ0) is 17.9. The fraction of sp³-hybridized carbons (Fsp3) is 0.200. The Bertz CT molecular complexity index is 1030. The summed E-state index contributed by atoms with van der Waals surface area (Å²) in [6, 6.07) is 12.5. The first-order valence-electron chi connectivity index (χ1n) is 8.46. The van der Waals surface area contributed by atoms with Crippen molar-refractivity contribution in [2.75, 3.05) is 7.11 Å². The third-order valence-corrected chi connectivity index (χ3v) is 4.48. The maximum absolute atomic E-state index is 5.47. The Balaban J connectivity index is 1.72. The number of hydrogen-bond acceptors (Lipinski definition) is 5. The molecule has 4 rings (SSSR count). The average Bonchev–Trinajstić information content (AvgIpc) is 3.01. The van der Waals surface area contributed by atoms with Crippen LogP contribution in [-0.4, -0.2) is 31.6 Å². The number of pyridine rings is 1. The van der Waals surface area contributed by atoms with Crippen LogP contribution in [0.1, 0.15) is 11.4 Å². The predicted octanol–water partition coefficient (Wildman–Crippen LogP) is 3.22. The molecule has 0 radical (unpaired) electrons. The monoisotopic (exact) mass is 345 g/mol. The van der Waals surface area contributed by atoms with Crippen LogP contribution in [-0.2, 0) is 19.9 Å². The van der Waals surface area contributed by atoms with E-state index in [1.165, 1.54) is 11.9 Å². The number of benzene rings is 1. The highest BCUT2D eigenvalue weighted by Crippen LogP contribution is 2.30. The zero-order valence-corrected chi connectivity index (χ0v) is 14.8. The summed E-state index contributed by atoms with van der Waals surface area (Å²) in [5.41, 5.74) is 4.68. The summed E-state index contributed by atoms with van der Waals surface area (Å²) >= 11 is 0. The minimum absolute atomic E-state index is 0.528.